The summed E-state index contributed by atoms with van der Waals surface area (Å²) in [5.74, 6) is 0. The van der Waals surface area contributed by atoms with Crippen molar-refractivity contribution in [2.45, 2.75) is 32.7 Å². The van der Waals surface area contributed by atoms with Crippen LogP contribution in [0.1, 0.15) is 24.5 Å². The Kier molecular flexibility index (Phi) is 3.80. The minimum absolute atomic E-state index is 0.0733. The summed E-state index contributed by atoms with van der Waals surface area (Å²) in [6.07, 6.45) is 1.44. The van der Waals surface area contributed by atoms with E-state index in [-0.39, 0.29) is 16.7 Å². The SMILES string of the molecule is Cc1cccc([N+](=O)[O-])c1CCC(C)N. The second kappa shape index (κ2) is 4.89. The number of nitrogens with two attached hydrogens (primary N) is 1. The quantitative estimate of drug-likeness (QED) is 0.609. The van der Waals surface area contributed by atoms with Gasteiger partial charge < -0.3 is 5.73 Å². The van der Waals surface area contributed by atoms with Crippen LogP contribution in [0.2, 0.25) is 0 Å². The van der Waals surface area contributed by atoms with Gasteiger partial charge in [0.2, 0.25) is 0 Å². The first-order valence-electron chi connectivity index (χ1n) is 5.01. The van der Waals surface area contributed by atoms with Crippen molar-refractivity contribution < 1.29 is 4.92 Å². The van der Waals surface area contributed by atoms with Gasteiger partial charge in [-0.05, 0) is 32.3 Å². The molecule has 0 aliphatic heterocycles. The van der Waals surface area contributed by atoms with E-state index in [0.717, 1.165) is 17.5 Å². The fourth-order valence-corrected chi connectivity index (χ4v) is 1.56. The summed E-state index contributed by atoms with van der Waals surface area (Å²) < 4.78 is 0. The fourth-order valence-electron chi connectivity index (χ4n) is 1.56. The van der Waals surface area contributed by atoms with Gasteiger partial charge >= 0.3 is 0 Å². The zero-order valence-corrected chi connectivity index (χ0v) is 9.06. The Morgan fingerprint density at radius 2 is 2.20 bits per heavy atom. The summed E-state index contributed by atoms with van der Waals surface area (Å²) in [6, 6.07) is 5.22. The van der Waals surface area contributed by atoms with Crippen molar-refractivity contribution >= 4 is 5.69 Å². The van der Waals surface area contributed by atoms with Crippen molar-refractivity contribution in [1.82, 2.24) is 0 Å². The van der Waals surface area contributed by atoms with E-state index in [1.807, 2.05) is 19.9 Å². The molecule has 1 rings (SSSR count). The van der Waals surface area contributed by atoms with Crippen molar-refractivity contribution in [3.05, 3.63) is 39.4 Å². The van der Waals surface area contributed by atoms with Crippen LogP contribution in [0.25, 0.3) is 0 Å². The highest BCUT2D eigenvalue weighted by Crippen LogP contribution is 2.23. The van der Waals surface area contributed by atoms with Gasteiger partial charge in [-0.3, -0.25) is 10.1 Å². The van der Waals surface area contributed by atoms with Gasteiger partial charge in [-0.1, -0.05) is 12.1 Å². The highest BCUT2D eigenvalue weighted by atomic mass is 16.6. The van der Waals surface area contributed by atoms with Gasteiger partial charge in [0.25, 0.3) is 5.69 Å². The van der Waals surface area contributed by atoms with Crippen molar-refractivity contribution in [3.63, 3.8) is 0 Å². The van der Waals surface area contributed by atoms with Crippen LogP contribution < -0.4 is 5.73 Å². The number of aryl methyl sites for hydroxylation is 1. The number of nitro benzene ring substituents is 1. The van der Waals surface area contributed by atoms with Crippen molar-refractivity contribution in [2.75, 3.05) is 0 Å². The van der Waals surface area contributed by atoms with Crippen LogP contribution in [0, 0.1) is 17.0 Å². The van der Waals surface area contributed by atoms with Crippen LogP contribution >= 0.6 is 0 Å². The third-order valence-electron chi connectivity index (χ3n) is 2.43. The predicted molar refractivity (Wildman–Crippen MR) is 59.8 cm³/mol. The van der Waals surface area contributed by atoms with E-state index < -0.39 is 0 Å². The van der Waals surface area contributed by atoms with E-state index in [1.165, 1.54) is 0 Å². The molecular weight excluding hydrogens is 192 g/mol. The normalized spacial score (nSPS) is 12.5. The fraction of sp³-hybridized carbons (Fsp3) is 0.455. The van der Waals surface area contributed by atoms with Gasteiger partial charge in [-0.2, -0.15) is 0 Å². The van der Waals surface area contributed by atoms with Crippen LogP contribution in [0.4, 0.5) is 5.69 Å². The molecule has 0 bridgehead atoms. The van der Waals surface area contributed by atoms with Gasteiger partial charge in [0.05, 0.1) is 4.92 Å². The number of nitro groups is 1. The Labute approximate surface area is 89.2 Å². The molecule has 0 aromatic heterocycles. The molecule has 0 saturated carbocycles. The van der Waals surface area contributed by atoms with Crippen LogP contribution in [-0.2, 0) is 6.42 Å². The molecule has 1 atom stereocenters. The topological polar surface area (TPSA) is 69.2 Å². The number of rotatable bonds is 4. The summed E-state index contributed by atoms with van der Waals surface area (Å²) in [7, 11) is 0. The second-order valence-electron chi connectivity index (χ2n) is 3.85. The first-order chi connectivity index (χ1) is 7.02. The minimum atomic E-state index is -0.330. The zero-order chi connectivity index (χ0) is 11.4. The van der Waals surface area contributed by atoms with Crippen LogP contribution in [0.3, 0.4) is 0 Å². The summed E-state index contributed by atoms with van der Waals surface area (Å²) in [6.45, 7) is 3.80. The average Bonchev–Trinajstić information content (AvgIpc) is 2.15. The highest BCUT2D eigenvalue weighted by Gasteiger charge is 2.15. The Balaban J connectivity index is 2.97. The molecule has 1 aromatic rings. The highest BCUT2D eigenvalue weighted by molar-refractivity contribution is 5.45. The molecular formula is C11H16N2O2. The average molecular weight is 208 g/mol. The first-order valence-corrected chi connectivity index (χ1v) is 5.01. The lowest BCUT2D eigenvalue weighted by Gasteiger charge is -2.08. The Bertz CT molecular complexity index is 362. The third-order valence-corrected chi connectivity index (χ3v) is 2.43. The lowest BCUT2D eigenvalue weighted by Crippen LogP contribution is -2.16. The predicted octanol–water partition coefficient (Wildman–Crippen LogP) is 2.18. The van der Waals surface area contributed by atoms with E-state index in [4.69, 9.17) is 5.73 Å². The first kappa shape index (κ1) is 11.7. The molecule has 15 heavy (non-hydrogen) atoms. The Morgan fingerprint density at radius 3 is 2.73 bits per heavy atom. The zero-order valence-electron chi connectivity index (χ0n) is 9.06. The molecule has 0 aliphatic carbocycles. The Hall–Kier alpha value is -1.42. The van der Waals surface area contributed by atoms with Gasteiger partial charge in [0.1, 0.15) is 0 Å². The van der Waals surface area contributed by atoms with Crippen LogP contribution in [-0.4, -0.2) is 11.0 Å². The molecule has 0 fully saturated rings. The van der Waals surface area contributed by atoms with E-state index in [9.17, 15) is 10.1 Å². The molecule has 2 N–H and O–H groups in total. The number of nitrogens with zero attached hydrogens (tertiary/aromatic N) is 1. The summed E-state index contributed by atoms with van der Waals surface area (Å²) in [4.78, 5) is 10.5. The largest absolute Gasteiger partial charge is 0.328 e. The lowest BCUT2D eigenvalue weighted by molar-refractivity contribution is -0.385. The van der Waals surface area contributed by atoms with E-state index in [2.05, 4.69) is 0 Å². The molecule has 1 unspecified atom stereocenters. The van der Waals surface area contributed by atoms with Gasteiger partial charge in [-0.25, -0.2) is 0 Å². The van der Waals surface area contributed by atoms with Gasteiger partial charge in [0.15, 0.2) is 0 Å². The summed E-state index contributed by atoms with van der Waals surface area (Å²) in [5.41, 5.74) is 7.62. The van der Waals surface area contributed by atoms with E-state index >= 15 is 0 Å². The number of benzene rings is 1. The van der Waals surface area contributed by atoms with Crippen molar-refractivity contribution in [1.29, 1.82) is 0 Å². The lowest BCUT2D eigenvalue weighted by atomic mass is 10.00. The van der Waals surface area contributed by atoms with Gasteiger partial charge in [-0.15, -0.1) is 0 Å². The molecule has 0 saturated heterocycles. The van der Waals surface area contributed by atoms with Crippen LogP contribution in [0.5, 0.6) is 0 Å². The third kappa shape index (κ3) is 3.02. The molecule has 0 radical (unpaired) electrons. The molecule has 0 amide bonds. The van der Waals surface area contributed by atoms with E-state index in [0.29, 0.717) is 6.42 Å². The number of hydrogen-bond donors (Lipinski definition) is 1. The van der Waals surface area contributed by atoms with Gasteiger partial charge in [0, 0.05) is 17.7 Å². The summed E-state index contributed by atoms with van der Waals surface area (Å²) in [5, 5.41) is 10.8. The smallest absolute Gasteiger partial charge is 0.272 e. The molecule has 0 heterocycles. The maximum atomic E-state index is 10.8. The second-order valence-corrected chi connectivity index (χ2v) is 3.85. The maximum absolute atomic E-state index is 10.8. The monoisotopic (exact) mass is 208 g/mol. The van der Waals surface area contributed by atoms with Crippen LogP contribution in [0.15, 0.2) is 18.2 Å². The maximum Gasteiger partial charge on any atom is 0.272 e. The van der Waals surface area contributed by atoms with Crippen molar-refractivity contribution in [2.24, 2.45) is 5.73 Å². The minimum Gasteiger partial charge on any atom is -0.328 e. The molecule has 0 spiro atoms. The van der Waals surface area contributed by atoms with Crippen molar-refractivity contribution in [3.8, 4) is 0 Å². The standard InChI is InChI=1S/C11H16N2O2/c1-8-4-3-5-11(13(14)15)10(8)7-6-9(2)12/h3-5,9H,6-7,12H2,1-2H3. The Morgan fingerprint density at radius 1 is 1.53 bits per heavy atom. The summed E-state index contributed by atoms with van der Waals surface area (Å²) >= 11 is 0. The van der Waals surface area contributed by atoms with E-state index in [1.54, 1.807) is 12.1 Å². The number of hydrogen-bond acceptors (Lipinski definition) is 3. The molecule has 4 heteroatoms. The molecule has 1 aromatic carbocycles. The molecule has 82 valence electrons. The molecule has 0 aliphatic rings. The molecule has 4 nitrogen and oxygen atoms in total.